The summed E-state index contributed by atoms with van der Waals surface area (Å²) in [6.07, 6.45) is 0. The fourth-order valence-corrected chi connectivity index (χ4v) is 2.56. The van der Waals surface area contributed by atoms with Crippen LogP contribution in [0.15, 0.2) is 58.2 Å². The number of nitrogens with zero attached hydrogens (tertiary/aromatic N) is 1. The molecule has 2 aromatic rings. The van der Waals surface area contributed by atoms with E-state index in [-0.39, 0.29) is 4.90 Å². The minimum Gasteiger partial charge on any atom is -0.375 e. The predicted molar refractivity (Wildman–Crippen MR) is 78.4 cm³/mol. The van der Waals surface area contributed by atoms with E-state index in [0.717, 1.165) is 17.7 Å². The molecule has 0 aliphatic rings. The summed E-state index contributed by atoms with van der Waals surface area (Å²) in [7, 11) is -4.19. The molecule has 22 heavy (non-hydrogen) atoms. The van der Waals surface area contributed by atoms with E-state index >= 15 is 0 Å². The molecule has 2 rings (SSSR count). The van der Waals surface area contributed by atoms with Crippen molar-refractivity contribution in [3.05, 3.63) is 74.4 Å². The fourth-order valence-electron chi connectivity index (χ4n) is 1.62. The molecule has 0 radical (unpaired) electrons. The summed E-state index contributed by atoms with van der Waals surface area (Å²) >= 11 is 0. The lowest BCUT2D eigenvalue weighted by Crippen LogP contribution is -2.14. The van der Waals surface area contributed by atoms with E-state index in [0.29, 0.717) is 6.07 Å². The van der Waals surface area contributed by atoms with Gasteiger partial charge in [-0.25, -0.2) is 0 Å². The van der Waals surface area contributed by atoms with Crippen LogP contribution in [0.25, 0.3) is 0 Å². The zero-order valence-electron chi connectivity index (χ0n) is 11.4. The summed E-state index contributed by atoms with van der Waals surface area (Å²) in [5.41, 5.74) is -0.481. The Labute approximate surface area is 126 Å². The Balaban J connectivity index is 2.42. The summed E-state index contributed by atoms with van der Waals surface area (Å²) in [4.78, 5) is 21.6. The topological polar surface area (TPSA) is 104 Å². The SMILES string of the molecule is Cc1ccc(S(=O)(=O)Oc2cccc([N+](=O)[O-])cc2=O)cc1. The van der Waals surface area contributed by atoms with E-state index in [1.165, 1.54) is 18.2 Å². The van der Waals surface area contributed by atoms with Gasteiger partial charge in [-0.3, -0.25) is 14.9 Å². The second-order valence-electron chi connectivity index (χ2n) is 4.43. The monoisotopic (exact) mass is 321 g/mol. The Morgan fingerprint density at radius 1 is 1.09 bits per heavy atom. The van der Waals surface area contributed by atoms with E-state index in [9.17, 15) is 23.3 Å². The van der Waals surface area contributed by atoms with Crippen molar-refractivity contribution in [2.45, 2.75) is 11.8 Å². The lowest BCUT2D eigenvalue weighted by molar-refractivity contribution is -0.384. The fraction of sp³-hybridized carbons (Fsp3) is 0.0714. The number of hydrogen-bond acceptors (Lipinski definition) is 6. The van der Waals surface area contributed by atoms with Crippen molar-refractivity contribution in [1.82, 2.24) is 0 Å². The number of benzene rings is 1. The van der Waals surface area contributed by atoms with Gasteiger partial charge in [-0.05, 0) is 25.1 Å². The van der Waals surface area contributed by atoms with E-state index in [4.69, 9.17) is 4.18 Å². The largest absolute Gasteiger partial charge is 0.375 e. The highest BCUT2D eigenvalue weighted by molar-refractivity contribution is 7.87. The molecule has 0 N–H and O–H groups in total. The lowest BCUT2D eigenvalue weighted by Gasteiger charge is -2.05. The molecule has 114 valence electrons. The first kappa shape index (κ1) is 15.6. The summed E-state index contributed by atoms with van der Waals surface area (Å²) in [5.74, 6) is -0.506. The molecule has 0 aliphatic heterocycles. The van der Waals surface area contributed by atoms with Crippen LogP contribution in [0.5, 0.6) is 5.75 Å². The maximum atomic E-state index is 12.1. The molecular weight excluding hydrogens is 310 g/mol. The maximum absolute atomic E-state index is 12.1. The molecule has 0 aromatic heterocycles. The van der Waals surface area contributed by atoms with Crippen LogP contribution in [0.4, 0.5) is 5.69 Å². The first-order valence-electron chi connectivity index (χ1n) is 6.09. The highest BCUT2D eigenvalue weighted by atomic mass is 32.2. The van der Waals surface area contributed by atoms with Gasteiger partial charge in [0.2, 0.25) is 5.43 Å². The van der Waals surface area contributed by atoms with Crippen molar-refractivity contribution in [2.24, 2.45) is 0 Å². The smallest absolute Gasteiger partial charge is 0.339 e. The van der Waals surface area contributed by atoms with Gasteiger partial charge in [0.15, 0.2) is 5.75 Å². The van der Waals surface area contributed by atoms with Crippen LogP contribution < -0.4 is 9.61 Å². The summed E-state index contributed by atoms with van der Waals surface area (Å²) < 4.78 is 29.0. The molecule has 0 heterocycles. The quantitative estimate of drug-likeness (QED) is 0.485. The van der Waals surface area contributed by atoms with E-state index in [1.54, 1.807) is 19.1 Å². The normalized spacial score (nSPS) is 11.0. The van der Waals surface area contributed by atoms with Gasteiger partial charge in [0.25, 0.3) is 5.69 Å². The van der Waals surface area contributed by atoms with Crippen LogP contribution in [0.1, 0.15) is 5.56 Å². The van der Waals surface area contributed by atoms with Gasteiger partial charge in [0.05, 0.1) is 11.0 Å². The van der Waals surface area contributed by atoms with Crippen molar-refractivity contribution in [3.63, 3.8) is 0 Å². The number of rotatable bonds is 4. The highest BCUT2D eigenvalue weighted by Gasteiger charge is 2.18. The molecule has 0 saturated heterocycles. The van der Waals surface area contributed by atoms with Gasteiger partial charge in [-0.15, -0.1) is 0 Å². The second-order valence-corrected chi connectivity index (χ2v) is 5.98. The van der Waals surface area contributed by atoms with Crippen molar-refractivity contribution in [2.75, 3.05) is 0 Å². The molecule has 7 nitrogen and oxygen atoms in total. The zero-order chi connectivity index (χ0) is 16.3. The van der Waals surface area contributed by atoms with Crippen LogP contribution >= 0.6 is 0 Å². The standard InChI is InChI=1S/C14H11NO6S/c1-10-5-7-12(8-6-10)22(19,20)21-14-4-2-3-11(15(17)18)9-13(14)16/h2-9H,1H3. The second kappa shape index (κ2) is 5.94. The highest BCUT2D eigenvalue weighted by Crippen LogP contribution is 2.17. The maximum Gasteiger partial charge on any atom is 0.339 e. The average molecular weight is 321 g/mol. The van der Waals surface area contributed by atoms with Crippen LogP contribution in [0.3, 0.4) is 0 Å². The van der Waals surface area contributed by atoms with Gasteiger partial charge < -0.3 is 4.18 Å². The van der Waals surface area contributed by atoms with Gasteiger partial charge in [-0.2, -0.15) is 8.42 Å². The van der Waals surface area contributed by atoms with Crippen LogP contribution in [-0.2, 0) is 10.1 Å². The summed E-state index contributed by atoms with van der Waals surface area (Å²) in [5, 5.41) is 10.6. The van der Waals surface area contributed by atoms with Gasteiger partial charge in [0.1, 0.15) is 4.90 Å². The summed E-state index contributed by atoms with van der Waals surface area (Å²) in [6, 6.07) is 9.91. The summed E-state index contributed by atoms with van der Waals surface area (Å²) in [6.45, 7) is 1.79. The first-order valence-corrected chi connectivity index (χ1v) is 7.50. The molecular formula is C14H11NO6S. The molecule has 0 unspecified atom stereocenters. The zero-order valence-corrected chi connectivity index (χ0v) is 12.2. The third-order valence-electron chi connectivity index (χ3n) is 2.76. The van der Waals surface area contributed by atoms with Crippen molar-refractivity contribution < 1.29 is 17.5 Å². The Kier molecular flexibility index (Phi) is 4.22. The van der Waals surface area contributed by atoms with E-state index < -0.39 is 31.9 Å². The van der Waals surface area contributed by atoms with Gasteiger partial charge in [-0.1, -0.05) is 23.8 Å². The van der Waals surface area contributed by atoms with Crippen molar-refractivity contribution >= 4 is 15.8 Å². The number of nitro groups is 1. The number of aryl methyl sites for hydroxylation is 1. The Hall–Kier alpha value is -2.74. The lowest BCUT2D eigenvalue weighted by atomic mass is 10.2. The minimum absolute atomic E-state index is 0.112. The third-order valence-corrected chi connectivity index (χ3v) is 4.00. The van der Waals surface area contributed by atoms with Crippen molar-refractivity contribution in [1.29, 1.82) is 0 Å². The minimum atomic E-state index is -4.19. The number of hydrogen-bond donors (Lipinski definition) is 0. The molecule has 8 heteroatoms. The first-order chi connectivity index (χ1) is 10.3. The molecule has 2 aromatic carbocycles. The molecule has 0 amide bonds. The predicted octanol–water partition coefficient (Wildman–Crippen LogP) is 2.03. The van der Waals surface area contributed by atoms with Gasteiger partial charge in [0, 0.05) is 6.07 Å². The molecule has 0 fully saturated rings. The Morgan fingerprint density at radius 2 is 1.73 bits per heavy atom. The third kappa shape index (κ3) is 3.47. The Bertz CT molecular complexity index is 874. The van der Waals surface area contributed by atoms with Crippen LogP contribution in [-0.4, -0.2) is 13.3 Å². The van der Waals surface area contributed by atoms with Crippen molar-refractivity contribution in [3.8, 4) is 5.75 Å². The molecule has 0 spiro atoms. The average Bonchev–Trinajstić information content (AvgIpc) is 2.62. The molecule has 0 saturated carbocycles. The van der Waals surface area contributed by atoms with E-state index in [2.05, 4.69) is 0 Å². The van der Waals surface area contributed by atoms with E-state index in [1.807, 2.05) is 0 Å². The van der Waals surface area contributed by atoms with Gasteiger partial charge >= 0.3 is 10.1 Å². The molecule has 0 atom stereocenters. The Morgan fingerprint density at radius 3 is 2.32 bits per heavy atom. The molecule has 0 aliphatic carbocycles. The van der Waals surface area contributed by atoms with Crippen LogP contribution in [0.2, 0.25) is 0 Å². The molecule has 0 bridgehead atoms. The van der Waals surface area contributed by atoms with Crippen LogP contribution in [0, 0.1) is 17.0 Å².